The van der Waals surface area contributed by atoms with Crippen molar-refractivity contribution in [1.29, 1.82) is 0 Å². The standard InChI is InChI=1S/2C28H31N3O6S/c1-21-7-13-25(14-8-21)38(34,35)30-26(19-27(32)37-20-22-5-3-2-4-6-22)28(33)29-23-9-11-24(12-10-23)31-15-17-36-18-16-31;1-20-7-13-24(14-8-20)38(35,36)30-26(25(28(33)34)19-21-5-3-2-4-6-21)27(32)29-22-9-11-23(12-10-22)31-15-17-37-18-16-31/h2-14,26,30H,15-20H2,1H3,(H,29,33);2-14,25-26,30H,15-19H2,1H3,(H,29,32)(H,33,34)/t26-;25-,26?/m00/s1. The smallest absolute Gasteiger partial charge is 0.309 e. The number of hydrogen-bond donors (Lipinski definition) is 5. The molecule has 0 spiro atoms. The molecule has 5 N–H and O–H groups in total. The molecule has 2 fully saturated rings. The van der Waals surface area contributed by atoms with E-state index < -0.39 is 68.2 Å². The molecule has 76 heavy (non-hydrogen) atoms. The monoisotopic (exact) mass is 1070 g/mol. The van der Waals surface area contributed by atoms with Crippen molar-refractivity contribution in [1.82, 2.24) is 9.44 Å². The summed E-state index contributed by atoms with van der Waals surface area (Å²) in [6.07, 6.45) is -0.518. The number of esters is 1. The number of rotatable bonds is 20. The first kappa shape index (κ1) is 56.3. The molecule has 0 bridgehead atoms. The van der Waals surface area contributed by atoms with Crippen molar-refractivity contribution in [2.75, 3.05) is 73.0 Å². The number of carboxylic acid groups (broad SMARTS) is 1. The first-order valence-corrected chi connectivity index (χ1v) is 27.6. The predicted octanol–water partition coefficient (Wildman–Crippen LogP) is 6.31. The Morgan fingerprint density at radius 1 is 0.553 bits per heavy atom. The molecule has 6 aromatic carbocycles. The van der Waals surface area contributed by atoms with Gasteiger partial charge in [-0.2, -0.15) is 9.44 Å². The van der Waals surface area contributed by atoms with Crippen molar-refractivity contribution in [3.8, 4) is 0 Å². The minimum atomic E-state index is -4.20. The van der Waals surface area contributed by atoms with Gasteiger partial charge in [0.25, 0.3) is 0 Å². The zero-order chi connectivity index (χ0) is 54.1. The molecule has 2 saturated heterocycles. The quantitative estimate of drug-likeness (QED) is 0.0527. The Hall–Kier alpha value is -7.46. The summed E-state index contributed by atoms with van der Waals surface area (Å²) in [5.41, 5.74) is 6.07. The van der Waals surface area contributed by atoms with Crippen LogP contribution in [0.4, 0.5) is 22.7 Å². The van der Waals surface area contributed by atoms with Crippen molar-refractivity contribution in [2.24, 2.45) is 5.92 Å². The van der Waals surface area contributed by atoms with E-state index in [1.54, 1.807) is 91.0 Å². The predicted molar refractivity (Wildman–Crippen MR) is 289 cm³/mol. The van der Waals surface area contributed by atoms with Crippen LogP contribution in [0.25, 0.3) is 0 Å². The Morgan fingerprint density at radius 2 is 0.974 bits per heavy atom. The van der Waals surface area contributed by atoms with E-state index in [0.717, 1.165) is 54.2 Å². The Labute approximate surface area is 443 Å². The molecular formula is C56H62N6O12S2. The second-order valence-corrected chi connectivity index (χ2v) is 21.6. The third-order valence-corrected chi connectivity index (χ3v) is 15.4. The summed E-state index contributed by atoms with van der Waals surface area (Å²) in [7, 11) is -8.28. The number of carbonyl (C=O) groups is 4. The van der Waals surface area contributed by atoms with Gasteiger partial charge in [0.15, 0.2) is 0 Å². The summed E-state index contributed by atoms with van der Waals surface area (Å²) < 4.78 is 73.3. The van der Waals surface area contributed by atoms with E-state index in [1.807, 2.05) is 56.3 Å². The van der Waals surface area contributed by atoms with Gasteiger partial charge in [0, 0.05) is 48.9 Å². The van der Waals surface area contributed by atoms with Crippen LogP contribution >= 0.6 is 0 Å². The Balaban J connectivity index is 0.000000221. The van der Waals surface area contributed by atoms with Crippen LogP contribution < -0.4 is 29.9 Å². The largest absolute Gasteiger partial charge is 0.481 e. The van der Waals surface area contributed by atoms with E-state index in [0.29, 0.717) is 43.4 Å². The summed E-state index contributed by atoms with van der Waals surface area (Å²) in [5, 5.41) is 15.5. The first-order valence-electron chi connectivity index (χ1n) is 24.6. The van der Waals surface area contributed by atoms with Crippen LogP contribution in [0.15, 0.2) is 168 Å². The lowest BCUT2D eigenvalue weighted by Gasteiger charge is -2.29. The number of aryl methyl sites for hydroxylation is 2. The molecule has 2 aliphatic heterocycles. The lowest BCUT2D eigenvalue weighted by Crippen LogP contribution is -2.51. The summed E-state index contributed by atoms with van der Waals surface area (Å²) in [6.45, 7) is 9.34. The maximum atomic E-state index is 13.5. The van der Waals surface area contributed by atoms with Crippen LogP contribution in [0.5, 0.6) is 0 Å². The third-order valence-electron chi connectivity index (χ3n) is 12.5. The molecule has 0 aliphatic carbocycles. The third kappa shape index (κ3) is 16.5. The number of sulfonamides is 2. The molecule has 0 saturated carbocycles. The van der Waals surface area contributed by atoms with Crippen molar-refractivity contribution in [3.63, 3.8) is 0 Å². The van der Waals surface area contributed by atoms with Gasteiger partial charge < -0.3 is 39.8 Å². The van der Waals surface area contributed by atoms with E-state index in [2.05, 4.69) is 29.9 Å². The number of amides is 2. The van der Waals surface area contributed by atoms with E-state index in [-0.39, 0.29) is 22.8 Å². The van der Waals surface area contributed by atoms with Crippen LogP contribution in [-0.4, -0.2) is 110 Å². The van der Waals surface area contributed by atoms with Crippen molar-refractivity contribution < 1.29 is 55.3 Å². The fourth-order valence-electron chi connectivity index (χ4n) is 8.21. The van der Waals surface area contributed by atoms with E-state index in [1.165, 1.54) is 24.3 Å². The summed E-state index contributed by atoms with van der Waals surface area (Å²) in [6, 6.07) is 41.6. The van der Waals surface area contributed by atoms with Crippen LogP contribution in [0, 0.1) is 19.8 Å². The molecule has 0 aromatic heterocycles. The normalized spacial score (nSPS) is 15.0. The minimum absolute atomic E-state index is 0.00610. The number of aliphatic carboxylic acids is 1. The topological polar surface area (TPSA) is 239 Å². The van der Waals surface area contributed by atoms with E-state index >= 15 is 0 Å². The summed E-state index contributed by atoms with van der Waals surface area (Å²) >= 11 is 0. The highest BCUT2D eigenvalue weighted by molar-refractivity contribution is 7.89. The Bertz CT molecular complexity index is 3080. The number of morpholine rings is 2. The number of benzene rings is 6. The van der Waals surface area contributed by atoms with Crippen molar-refractivity contribution in [3.05, 3.63) is 180 Å². The number of carbonyl (C=O) groups excluding carboxylic acids is 3. The number of nitrogens with zero attached hydrogens (tertiary/aromatic N) is 2. The Kier molecular flexibility index (Phi) is 19.9. The fraction of sp³-hybridized carbons (Fsp3) is 0.286. The van der Waals surface area contributed by atoms with Gasteiger partial charge in [0.2, 0.25) is 31.9 Å². The van der Waals surface area contributed by atoms with Gasteiger partial charge >= 0.3 is 11.9 Å². The SMILES string of the molecule is Cc1ccc(S(=O)(=O)NC(C(=O)Nc2ccc(N3CCOCC3)cc2)[C@H](Cc2ccccc2)C(=O)O)cc1.Cc1ccc(S(=O)(=O)N[C@@H](CC(=O)OCc2ccccc2)C(=O)Nc2ccc(N3CCOCC3)cc2)cc1. The lowest BCUT2D eigenvalue weighted by atomic mass is 9.92. The molecule has 8 rings (SSSR count). The number of hydrogen-bond acceptors (Lipinski definition) is 13. The van der Waals surface area contributed by atoms with E-state index in [4.69, 9.17) is 14.2 Å². The van der Waals surface area contributed by atoms with Gasteiger partial charge in [-0.25, -0.2) is 16.8 Å². The fourth-order valence-corrected chi connectivity index (χ4v) is 10.6. The minimum Gasteiger partial charge on any atom is -0.481 e. The molecule has 0 radical (unpaired) electrons. The van der Waals surface area contributed by atoms with Gasteiger partial charge in [-0.1, -0.05) is 96.1 Å². The van der Waals surface area contributed by atoms with Crippen LogP contribution in [0.2, 0.25) is 0 Å². The van der Waals surface area contributed by atoms with Gasteiger partial charge in [-0.15, -0.1) is 0 Å². The number of carboxylic acids is 1. The van der Waals surface area contributed by atoms with Gasteiger partial charge in [0.05, 0.1) is 48.6 Å². The second kappa shape index (κ2) is 26.8. The average Bonchev–Trinajstić information content (AvgIpc) is 3.43. The first-order chi connectivity index (χ1) is 36.5. The van der Waals surface area contributed by atoms with Crippen molar-refractivity contribution >= 4 is 66.5 Å². The summed E-state index contributed by atoms with van der Waals surface area (Å²) in [5.74, 6) is -4.78. The molecule has 2 amide bonds. The maximum absolute atomic E-state index is 13.5. The Morgan fingerprint density at radius 3 is 1.42 bits per heavy atom. The highest BCUT2D eigenvalue weighted by atomic mass is 32.2. The number of ether oxygens (including phenoxy) is 3. The van der Waals surface area contributed by atoms with Crippen LogP contribution in [0.3, 0.4) is 0 Å². The van der Waals surface area contributed by atoms with Gasteiger partial charge in [0.1, 0.15) is 18.7 Å². The maximum Gasteiger partial charge on any atom is 0.309 e. The molecule has 6 aromatic rings. The number of anilines is 4. The molecule has 3 atom stereocenters. The molecule has 1 unspecified atom stereocenters. The lowest BCUT2D eigenvalue weighted by molar-refractivity contribution is -0.146. The summed E-state index contributed by atoms with van der Waals surface area (Å²) in [4.78, 5) is 55.9. The molecular weight excluding hydrogens is 1010 g/mol. The zero-order valence-electron chi connectivity index (χ0n) is 42.2. The van der Waals surface area contributed by atoms with E-state index in [9.17, 15) is 41.1 Å². The molecule has 20 heteroatoms. The molecule has 2 heterocycles. The molecule has 18 nitrogen and oxygen atoms in total. The second-order valence-electron chi connectivity index (χ2n) is 18.2. The van der Waals surface area contributed by atoms with Crippen LogP contribution in [-0.2, 0) is 66.5 Å². The zero-order valence-corrected chi connectivity index (χ0v) is 43.8. The highest BCUT2D eigenvalue weighted by Crippen LogP contribution is 2.24. The van der Waals surface area contributed by atoms with Gasteiger partial charge in [-0.3, -0.25) is 19.2 Å². The van der Waals surface area contributed by atoms with Gasteiger partial charge in [-0.05, 0) is 104 Å². The van der Waals surface area contributed by atoms with Crippen molar-refractivity contribution in [2.45, 2.75) is 55.2 Å². The molecule has 400 valence electrons. The highest BCUT2D eigenvalue weighted by Gasteiger charge is 2.38. The average molecular weight is 1080 g/mol. The molecule has 2 aliphatic rings. The number of nitrogens with one attached hydrogen (secondary N) is 4. The van der Waals surface area contributed by atoms with Crippen LogP contribution in [0.1, 0.15) is 28.7 Å².